The van der Waals surface area contributed by atoms with Gasteiger partial charge in [-0.3, -0.25) is 4.90 Å². The number of hydrogen-bond donors (Lipinski definition) is 1. The number of rotatable bonds is 5. The van der Waals surface area contributed by atoms with Crippen LogP contribution in [0.15, 0.2) is 42.6 Å². The second-order valence-electron chi connectivity index (χ2n) is 7.40. The Morgan fingerprint density at radius 1 is 1.11 bits per heavy atom. The summed E-state index contributed by atoms with van der Waals surface area (Å²) in [5.41, 5.74) is 5.04. The molecule has 1 unspecified atom stereocenters. The molecule has 1 aromatic heterocycles. The molecule has 4 nitrogen and oxygen atoms in total. The predicted octanol–water partition coefficient (Wildman–Crippen LogP) is 5.22. The number of nitrogens with one attached hydrogen (secondary N) is 1. The number of fused-ring (bicyclic) bond motifs is 1. The summed E-state index contributed by atoms with van der Waals surface area (Å²) >= 11 is 0. The first-order valence-electron chi connectivity index (χ1n) is 9.73. The molecule has 0 bridgehead atoms. The number of ether oxygens (including phenoxy) is 2. The van der Waals surface area contributed by atoms with Gasteiger partial charge in [0.25, 0.3) is 0 Å². The highest BCUT2D eigenvalue weighted by Crippen LogP contribution is 2.37. The number of likely N-dealkylation sites (tertiary alicyclic amines) is 1. The normalized spacial score (nSPS) is 18.0. The van der Waals surface area contributed by atoms with Crippen LogP contribution in [-0.2, 0) is 6.54 Å². The summed E-state index contributed by atoms with van der Waals surface area (Å²) in [6.07, 6.45) is 5.71. The fraction of sp³-hybridized carbons (Fsp3) is 0.391. The van der Waals surface area contributed by atoms with E-state index in [1.807, 2.05) is 12.3 Å². The van der Waals surface area contributed by atoms with Crippen LogP contribution in [0.5, 0.6) is 11.5 Å². The van der Waals surface area contributed by atoms with Crippen LogP contribution in [0.2, 0.25) is 0 Å². The van der Waals surface area contributed by atoms with Gasteiger partial charge in [-0.15, -0.1) is 0 Å². The second-order valence-corrected chi connectivity index (χ2v) is 7.40. The van der Waals surface area contributed by atoms with Crippen molar-refractivity contribution in [3.63, 3.8) is 0 Å². The molecule has 0 aliphatic carbocycles. The van der Waals surface area contributed by atoms with Gasteiger partial charge in [-0.1, -0.05) is 18.6 Å². The molecule has 0 spiro atoms. The number of nitrogens with zero attached hydrogens (tertiary/aromatic N) is 1. The molecule has 4 heteroatoms. The van der Waals surface area contributed by atoms with Crippen LogP contribution in [-0.4, -0.2) is 30.6 Å². The third-order valence-electron chi connectivity index (χ3n) is 5.78. The molecule has 27 heavy (non-hydrogen) atoms. The summed E-state index contributed by atoms with van der Waals surface area (Å²) in [7, 11) is 3.50. The number of H-pyrrole nitrogens is 1. The van der Waals surface area contributed by atoms with Crippen molar-refractivity contribution < 1.29 is 9.47 Å². The molecule has 0 amide bonds. The molecule has 3 aromatic rings. The Morgan fingerprint density at radius 3 is 2.81 bits per heavy atom. The SMILES string of the molecule is COc1cccc(C2CCCCN2Cc2c(OC)cc(C)c3[nH]ccc23)c1. The molecule has 1 atom stereocenters. The maximum absolute atomic E-state index is 5.76. The number of hydrogen-bond acceptors (Lipinski definition) is 3. The Kier molecular flexibility index (Phi) is 5.08. The van der Waals surface area contributed by atoms with Gasteiger partial charge in [-0.25, -0.2) is 0 Å². The number of benzene rings is 2. The molecular formula is C23H28N2O2. The van der Waals surface area contributed by atoms with Crippen molar-refractivity contribution >= 4 is 10.9 Å². The van der Waals surface area contributed by atoms with E-state index in [9.17, 15) is 0 Å². The van der Waals surface area contributed by atoms with Gasteiger partial charge in [-0.2, -0.15) is 0 Å². The summed E-state index contributed by atoms with van der Waals surface area (Å²) in [4.78, 5) is 5.98. The van der Waals surface area contributed by atoms with Crippen LogP contribution in [0.3, 0.4) is 0 Å². The molecular weight excluding hydrogens is 336 g/mol. The minimum atomic E-state index is 0.411. The Hall–Kier alpha value is -2.46. The number of methoxy groups -OCH3 is 2. The van der Waals surface area contributed by atoms with E-state index >= 15 is 0 Å². The number of piperidine rings is 1. The minimum absolute atomic E-state index is 0.411. The molecule has 2 heterocycles. The summed E-state index contributed by atoms with van der Waals surface area (Å²) in [6, 6.07) is 13.3. The quantitative estimate of drug-likeness (QED) is 0.674. The summed E-state index contributed by atoms with van der Waals surface area (Å²) in [6.45, 7) is 4.12. The molecule has 0 saturated carbocycles. The largest absolute Gasteiger partial charge is 0.497 e. The number of aromatic amines is 1. The van der Waals surface area contributed by atoms with E-state index in [1.165, 1.54) is 46.9 Å². The maximum atomic E-state index is 5.76. The van der Waals surface area contributed by atoms with Crippen LogP contribution >= 0.6 is 0 Å². The van der Waals surface area contributed by atoms with E-state index in [0.717, 1.165) is 24.6 Å². The molecule has 142 valence electrons. The van der Waals surface area contributed by atoms with Gasteiger partial charge < -0.3 is 14.5 Å². The Balaban J connectivity index is 1.71. The zero-order chi connectivity index (χ0) is 18.8. The molecule has 4 rings (SSSR count). The molecule has 1 aliphatic rings. The van der Waals surface area contributed by atoms with E-state index in [4.69, 9.17) is 9.47 Å². The van der Waals surface area contributed by atoms with Crippen molar-refractivity contribution in [2.24, 2.45) is 0 Å². The number of aryl methyl sites for hydroxylation is 1. The topological polar surface area (TPSA) is 37.5 Å². The average molecular weight is 364 g/mol. The second kappa shape index (κ2) is 7.65. The zero-order valence-electron chi connectivity index (χ0n) is 16.4. The standard InChI is InChI=1S/C23H28N2O2/c1-16-13-22(27-3)20(19-10-11-24-23(16)19)15-25-12-5-4-9-21(25)17-7-6-8-18(14-17)26-2/h6-8,10-11,13-14,21,24H,4-5,9,12,15H2,1-3H3. The molecule has 1 saturated heterocycles. The van der Waals surface area contributed by atoms with Gasteiger partial charge in [0.05, 0.1) is 14.2 Å². The van der Waals surface area contributed by atoms with Crippen LogP contribution < -0.4 is 9.47 Å². The maximum Gasteiger partial charge on any atom is 0.124 e. The predicted molar refractivity (Wildman–Crippen MR) is 110 cm³/mol. The van der Waals surface area contributed by atoms with Crippen molar-refractivity contribution in [1.29, 1.82) is 0 Å². The van der Waals surface area contributed by atoms with E-state index in [1.54, 1.807) is 14.2 Å². The third kappa shape index (κ3) is 3.42. The summed E-state index contributed by atoms with van der Waals surface area (Å²) < 4.78 is 11.2. The highest BCUT2D eigenvalue weighted by Gasteiger charge is 2.26. The lowest BCUT2D eigenvalue weighted by atomic mass is 9.93. The lowest BCUT2D eigenvalue weighted by Gasteiger charge is -2.36. The van der Waals surface area contributed by atoms with Crippen LogP contribution in [0.4, 0.5) is 0 Å². The van der Waals surface area contributed by atoms with Crippen molar-refractivity contribution in [3.8, 4) is 11.5 Å². The first-order chi connectivity index (χ1) is 13.2. The summed E-state index contributed by atoms with van der Waals surface area (Å²) in [5, 5.41) is 1.27. The molecule has 0 radical (unpaired) electrons. The Morgan fingerprint density at radius 2 is 2.00 bits per heavy atom. The first kappa shape index (κ1) is 17.9. The molecule has 1 aliphatic heterocycles. The smallest absolute Gasteiger partial charge is 0.124 e. The average Bonchev–Trinajstić information content (AvgIpc) is 3.21. The van der Waals surface area contributed by atoms with Crippen molar-refractivity contribution in [2.75, 3.05) is 20.8 Å². The lowest BCUT2D eigenvalue weighted by Crippen LogP contribution is -2.33. The fourth-order valence-corrected chi connectivity index (χ4v) is 4.39. The molecule has 2 aromatic carbocycles. The number of aromatic nitrogens is 1. The van der Waals surface area contributed by atoms with Crippen molar-refractivity contribution in [3.05, 3.63) is 59.3 Å². The first-order valence-corrected chi connectivity index (χ1v) is 9.73. The van der Waals surface area contributed by atoms with Gasteiger partial charge >= 0.3 is 0 Å². The van der Waals surface area contributed by atoms with E-state index in [0.29, 0.717) is 6.04 Å². The van der Waals surface area contributed by atoms with Gasteiger partial charge in [-0.05, 0) is 61.7 Å². The highest BCUT2D eigenvalue weighted by atomic mass is 16.5. The van der Waals surface area contributed by atoms with E-state index in [-0.39, 0.29) is 0 Å². The Labute approximate surface area is 161 Å². The van der Waals surface area contributed by atoms with Crippen molar-refractivity contribution in [2.45, 2.75) is 38.8 Å². The molecule has 1 N–H and O–H groups in total. The zero-order valence-corrected chi connectivity index (χ0v) is 16.4. The van der Waals surface area contributed by atoms with Crippen LogP contribution in [0.1, 0.15) is 42.0 Å². The van der Waals surface area contributed by atoms with Crippen molar-refractivity contribution in [1.82, 2.24) is 9.88 Å². The third-order valence-corrected chi connectivity index (χ3v) is 5.78. The van der Waals surface area contributed by atoms with E-state index < -0.39 is 0 Å². The van der Waals surface area contributed by atoms with Crippen LogP contribution in [0, 0.1) is 6.92 Å². The molecule has 1 fully saturated rings. The minimum Gasteiger partial charge on any atom is -0.497 e. The Bertz CT molecular complexity index is 931. The van der Waals surface area contributed by atoms with Gasteiger partial charge in [0, 0.05) is 35.2 Å². The monoisotopic (exact) mass is 364 g/mol. The van der Waals surface area contributed by atoms with Gasteiger partial charge in [0.2, 0.25) is 0 Å². The van der Waals surface area contributed by atoms with Gasteiger partial charge in [0.1, 0.15) is 11.5 Å². The summed E-state index contributed by atoms with van der Waals surface area (Å²) in [5.74, 6) is 1.91. The van der Waals surface area contributed by atoms with E-state index in [2.05, 4.69) is 47.1 Å². The van der Waals surface area contributed by atoms with Crippen LogP contribution in [0.25, 0.3) is 10.9 Å². The lowest BCUT2D eigenvalue weighted by molar-refractivity contribution is 0.139. The van der Waals surface area contributed by atoms with Gasteiger partial charge in [0.15, 0.2) is 0 Å². The highest BCUT2D eigenvalue weighted by molar-refractivity contribution is 5.88. The fourth-order valence-electron chi connectivity index (χ4n) is 4.39.